The Morgan fingerprint density at radius 2 is 1.81 bits per heavy atom. The van der Waals surface area contributed by atoms with Crippen molar-refractivity contribution in [2.24, 2.45) is 5.92 Å². The minimum absolute atomic E-state index is 0.0607. The Balaban J connectivity index is 1.42. The molecule has 0 spiro atoms. The number of thiocarbonyl (C=S) groups is 1. The van der Waals surface area contributed by atoms with E-state index in [-0.39, 0.29) is 23.5 Å². The lowest BCUT2D eigenvalue weighted by molar-refractivity contribution is -0.119. The van der Waals surface area contributed by atoms with E-state index in [1.807, 2.05) is 16.7 Å². The van der Waals surface area contributed by atoms with Gasteiger partial charge in [0, 0.05) is 56.5 Å². The van der Waals surface area contributed by atoms with Crippen LogP contribution in [0.4, 0.5) is 11.8 Å². The molecule has 43 heavy (non-hydrogen) atoms. The predicted molar refractivity (Wildman–Crippen MR) is 165 cm³/mol. The van der Waals surface area contributed by atoms with E-state index in [2.05, 4.69) is 5.32 Å². The van der Waals surface area contributed by atoms with Gasteiger partial charge in [-0.05, 0) is 38.0 Å². The van der Waals surface area contributed by atoms with E-state index < -0.39 is 6.04 Å². The molecule has 13 heteroatoms. The zero-order valence-corrected chi connectivity index (χ0v) is 25.6. The topological polar surface area (TPSA) is 130 Å². The van der Waals surface area contributed by atoms with Crippen molar-refractivity contribution in [3.8, 4) is 11.5 Å². The molecule has 228 valence electrons. The Bertz CT molecular complexity index is 1520. The number of nitrogens with zero attached hydrogens (tertiary/aromatic N) is 5. The average molecular weight is 609 g/mol. The van der Waals surface area contributed by atoms with Crippen molar-refractivity contribution in [2.75, 3.05) is 57.2 Å². The third-order valence-corrected chi connectivity index (χ3v) is 8.50. The normalized spacial score (nSPS) is 17.6. The number of piperazine rings is 1. The second-order valence-corrected chi connectivity index (χ2v) is 11.3. The number of likely N-dealkylation sites (tertiary alicyclic amines) is 1. The van der Waals surface area contributed by atoms with Crippen LogP contribution in [0.5, 0.6) is 11.5 Å². The molecule has 0 aliphatic carbocycles. The number of fused-ring (bicyclic) bond motifs is 1. The van der Waals surface area contributed by atoms with Crippen LogP contribution >= 0.6 is 12.2 Å². The standard InChI is InChI=1S/C30H36N6O6S/c1-18(15-19(2)37)29(43)36-9-5-7-22(36)27(38)32-26-20-16-24(40-3)25(41-4)17-21(20)31-30(33-26)35-12-10-34(11-13-35)28(39)23-8-6-14-42-23/h6,8,14,16-18,22H,5,7,9-13,15H2,1-4H3,(H,31,32,33,38)/t18?,22-/m1/s1. The van der Waals surface area contributed by atoms with Crippen LogP contribution in [0.1, 0.15) is 43.7 Å². The van der Waals surface area contributed by atoms with E-state index in [1.54, 1.807) is 50.3 Å². The van der Waals surface area contributed by atoms with Gasteiger partial charge in [0.25, 0.3) is 5.91 Å². The monoisotopic (exact) mass is 608 g/mol. The number of hydrogen-bond donors (Lipinski definition) is 1. The fourth-order valence-electron chi connectivity index (χ4n) is 5.65. The number of nitrogens with one attached hydrogen (secondary N) is 1. The summed E-state index contributed by atoms with van der Waals surface area (Å²) in [4.78, 5) is 54.1. The van der Waals surface area contributed by atoms with Gasteiger partial charge in [-0.25, -0.2) is 4.98 Å². The van der Waals surface area contributed by atoms with E-state index in [0.29, 0.717) is 90.5 Å². The molecular weight excluding hydrogens is 572 g/mol. The van der Waals surface area contributed by atoms with Crippen molar-refractivity contribution in [1.82, 2.24) is 19.8 Å². The number of benzene rings is 1. The van der Waals surface area contributed by atoms with E-state index in [9.17, 15) is 14.4 Å². The second-order valence-electron chi connectivity index (χ2n) is 10.8. The highest BCUT2D eigenvalue weighted by Gasteiger charge is 2.35. The number of hydrogen-bond acceptors (Lipinski definition) is 10. The highest BCUT2D eigenvalue weighted by Crippen LogP contribution is 2.35. The summed E-state index contributed by atoms with van der Waals surface area (Å²) in [5.74, 6) is 1.58. The molecule has 2 fully saturated rings. The first kappa shape index (κ1) is 30.2. The Hall–Kier alpha value is -4.26. The number of aromatic nitrogens is 2. The van der Waals surface area contributed by atoms with Gasteiger partial charge in [-0.1, -0.05) is 19.1 Å². The van der Waals surface area contributed by atoms with Crippen molar-refractivity contribution >= 4 is 57.5 Å². The van der Waals surface area contributed by atoms with E-state index in [4.69, 9.17) is 36.1 Å². The minimum Gasteiger partial charge on any atom is -0.493 e. The average Bonchev–Trinajstić information content (AvgIpc) is 3.72. The van der Waals surface area contributed by atoms with Crippen molar-refractivity contribution in [3.05, 3.63) is 36.3 Å². The Labute approximate surface area is 255 Å². The van der Waals surface area contributed by atoms with Gasteiger partial charge in [-0.2, -0.15) is 4.98 Å². The first-order valence-electron chi connectivity index (χ1n) is 14.3. The number of ketones is 1. The Kier molecular flexibility index (Phi) is 9.09. The molecule has 2 saturated heterocycles. The van der Waals surface area contributed by atoms with Crippen LogP contribution in [0, 0.1) is 5.92 Å². The van der Waals surface area contributed by atoms with Crippen molar-refractivity contribution in [1.29, 1.82) is 0 Å². The second kappa shape index (κ2) is 12.9. The fourth-order valence-corrected chi connectivity index (χ4v) is 5.95. The molecule has 3 aromatic rings. The smallest absolute Gasteiger partial charge is 0.289 e. The number of carbonyl (C=O) groups excluding carboxylic acids is 3. The van der Waals surface area contributed by atoms with Gasteiger partial charge >= 0.3 is 0 Å². The fraction of sp³-hybridized carbons (Fsp3) is 0.467. The number of methoxy groups -OCH3 is 2. The minimum atomic E-state index is -0.480. The summed E-state index contributed by atoms with van der Waals surface area (Å²) in [6.45, 7) is 6.03. The van der Waals surface area contributed by atoms with Gasteiger partial charge in [-0.15, -0.1) is 0 Å². The molecule has 2 aliphatic rings. The maximum absolute atomic E-state index is 13.8. The van der Waals surface area contributed by atoms with E-state index >= 15 is 0 Å². The number of amides is 2. The lowest BCUT2D eigenvalue weighted by atomic mass is 10.0. The van der Waals surface area contributed by atoms with Crippen LogP contribution in [0.25, 0.3) is 10.9 Å². The summed E-state index contributed by atoms with van der Waals surface area (Å²) in [5.41, 5.74) is 0.570. The molecule has 1 aromatic carbocycles. The Morgan fingerprint density at radius 3 is 2.47 bits per heavy atom. The quantitative estimate of drug-likeness (QED) is 0.358. The molecule has 0 bridgehead atoms. The summed E-state index contributed by atoms with van der Waals surface area (Å²) < 4.78 is 16.3. The first-order chi connectivity index (χ1) is 20.7. The van der Waals surface area contributed by atoms with Gasteiger partial charge < -0.3 is 38.7 Å². The van der Waals surface area contributed by atoms with E-state index in [1.165, 1.54) is 6.26 Å². The van der Waals surface area contributed by atoms with Crippen molar-refractivity contribution in [2.45, 2.75) is 39.2 Å². The largest absolute Gasteiger partial charge is 0.493 e. The molecular formula is C30H36N6O6S. The molecule has 5 rings (SSSR count). The molecule has 2 aliphatic heterocycles. The van der Waals surface area contributed by atoms with Crippen LogP contribution in [-0.2, 0) is 9.59 Å². The number of anilines is 2. The summed E-state index contributed by atoms with van der Waals surface area (Å²) in [7, 11) is 3.09. The SMILES string of the molecule is COc1cc2nc(N3CCN(C(=O)c4ccco4)CC3)nc(NC(=O)[C@H]3CCCN3C(=S)C(C)CC(C)=O)c2cc1OC. The van der Waals surface area contributed by atoms with Crippen LogP contribution in [-0.4, -0.2) is 95.3 Å². The summed E-state index contributed by atoms with van der Waals surface area (Å²) in [6, 6.07) is 6.37. The van der Waals surface area contributed by atoms with Crippen molar-refractivity contribution < 1.29 is 28.3 Å². The summed E-state index contributed by atoms with van der Waals surface area (Å²) >= 11 is 5.71. The summed E-state index contributed by atoms with van der Waals surface area (Å²) in [5, 5.41) is 3.64. The molecule has 4 heterocycles. The predicted octanol–water partition coefficient (Wildman–Crippen LogP) is 3.55. The first-order valence-corrected chi connectivity index (χ1v) is 14.7. The van der Waals surface area contributed by atoms with Crippen LogP contribution in [0.3, 0.4) is 0 Å². The zero-order valence-electron chi connectivity index (χ0n) is 24.8. The van der Waals surface area contributed by atoms with Gasteiger partial charge in [0.1, 0.15) is 17.6 Å². The third-order valence-electron chi connectivity index (χ3n) is 7.87. The van der Waals surface area contributed by atoms with Gasteiger partial charge in [-0.3, -0.25) is 9.59 Å². The van der Waals surface area contributed by atoms with E-state index in [0.717, 1.165) is 6.42 Å². The van der Waals surface area contributed by atoms with Gasteiger partial charge in [0.15, 0.2) is 17.3 Å². The highest BCUT2D eigenvalue weighted by atomic mass is 32.1. The van der Waals surface area contributed by atoms with Gasteiger partial charge in [0.05, 0.1) is 31.0 Å². The van der Waals surface area contributed by atoms with Crippen molar-refractivity contribution in [3.63, 3.8) is 0 Å². The molecule has 1 unspecified atom stereocenters. The lowest BCUT2D eigenvalue weighted by Gasteiger charge is -2.34. The third kappa shape index (κ3) is 6.41. The highest BCUT2D eigenvalue weighted by molar-refractivity contribution is 7.80. The van der Waals surface area contributed by atoms with Crippen LogP contribution in [0.15, 0.2) is 34.9 Å². The molecule has 2 aromatic heterocycles. The van der Waals surface area contributed by atoms with Gasteiger partial charge in [0.2, 0.25) is 11.9 Å². The summed E-state index contributed by atoms with van der Waals surface area (Å²) in [6.07, 6.45) is 3.27. The zero-order chi connectivity index (χ0) is 30.7. The molecule has 0 radical (unpaired) electrons. The number of carbonyl (C=O) groups is 3. The number of rotatable bonds is 9. The maximum atomic E-state index is 13.8. The maximum Gasteiger partial charge on any atom is 0.289 e. The molecule has 0 saturated carbocycles. The van der Waals surface area contributed by atoms with Crippen LogP contribution in [0.2, 0.25) is 0 Å². The number of ether oxygens (including phenoxy) is 2. The molecule has 2 atom stereocenters. The number of Topliss-reactive ketones (excluding diaryl/α,β-unsaturated/α-hetero) is 1. The lowest BCUT2D eigenvalue weighted by Crippen LogP contribution is -2.49. The molecule has 1 N–H and O–H groups in total. The van der Waals surface area contributed by atoms with Crippen LogP contribution < -0.4 is 19.7 Å². The molecule has 2 amide bonds. The Morgan fingerprint density at radius 1 is 1.09 bits per heavy atom. The number of furan rings is 1. The molecule has 12 nitrogen and oxygen atoms in total.